The Morgan fingerprint density at radius 1 is 0.759 bits per heavy atom. The molecule has 0 atom stereocenters. The lowest BCUT2D eigenvalue weighted by molar-refractivity contribution is 0.780. The molecular weight excluding hydrogens is 422 g/mol. The minimum Gasteiger partial charge on any atom is -0.370 e. The van der Waals surface area contributed by atoms with Crippen LogP contribution in [-0.2, 0) is 6.42 Å². The van der Waals surface area contributed by atoms with Gasteiger partial charge in [0.1, 0.15) is 5.82 Å². The summed E-state index contributed by atoms with van der Waals surface area (Å²) in [5.41, 5.74) is 7.10. The summed E-state index contributed by atoms with van der Waals surface area (Å²) < 4.78 is 3.14. The first-order valence-electron chi connectivity index (χ1n) is 10.1. The molecule has 1 aromatic heterocycles. The maximum Gasteiger partial charge on any atom is 0.133 e. The molecule has 0 bridgehead atoms. The highest BCUT2D eigenvalue weighted by Crippen LogP contribution is 2.35. The molecule has 1 N–H and O–H groups in total. The average molecular weight is 444 g/mol. The highest BCUT2D eigenvalue weighted by atomic mass is 79.9. The van der Waals surface area contributed by atoms with E-state index in [4.69, 9.17) is 5.10 Å². The summed E-state index contributed by atoms with van der Waals surface area (Å²) in [6.07, 6.45) is 3.41. The van der Waals surface area contributed by atoms with E-state index in [1.54, 1.807) is 0 Å². The van der Waals surface area contributed by atoms with Gasteiger partial charge in [-0.05, 0) is 54.7 Å². The smallest absolute Gasteiger partial charge is 0.133 e. The van der Waals surface area contributed by atoms with Crippen molar-refractivity contribution in [2.24, 2.45) is 0 Å². The molecule has 3 aromatic carbocycles. The van der Waals surface area contributed by atoms with Crippen molar-refractivity contribution in [1.82, 2.24) is 9.78 Å². The lowest BCUT2D eigenvalue weighted by atomic mass is 10.00. The third-order valence-corrected chi connectivity index (χ3v) is 5.99. The minimum absolute atomic E-state index is 0.988. The van der Waals surface area contributed by atoms with Crippen LogP contribution in [0, 0.1) is 0 Å². The maximum atomic E-state index is 5.04. The summed E-state index contributed by atoms with van der Waals surface area (Å²) in [6, 6.07) is 27.6. The van der Waals surface area contributed by atoms with E-state index in [2.05, 4.69) is 105 Å². The molecule has 1 aliphatic rings. The van der Waals surface area contributed by atoms with E-state index in [1.165, 1.54) is 35.1 Å². The number of benzene rings is 3. The van der Waals surface area contributed by atoms with Crippen LogP contribution in [0.4, 0.5) is 5.82 Å². The second-order valence-electron chi connectivity index (χ2n) is 7.39. The van der Waals surface area contributed by atoms with Crippen molar-refractivity contribution in [2.45, 2.75) is 19.3 Å². The van der Waals surface area contributed by atoms with Crippen LogP contribution in [-0.4, -0.2) is 16.3 Å². The molecule has 1 aliphatic heterocycles. The Hall–Kier alpha value is -2.85. The minimum atomic E-state index is 0.988. The molecule has 0 radical (unpaired) electrons. The summed E-state index contributed by atoms with van der Waals surface area (Å²) in [5.74, 6) is 1.13. The number of rotatable bonds is 3. The summed E-state index contributed by atoms with van der Waals surface area (Å²) in [6.45, 7) is 0.988. The fraction of sp³-hybridized carbons (Fsp3) is 0.160. The Morgan fingerprint density at radius 2 is 1.45 bits per heavy atom. The van der Waals surface area contributed by atoms with E-state index in [9.17, 15) is 0 Å². The Bertz CT molecular complexity index is 1110. The zero-order valence-corrected chi connectivity index (χ0v) is 17.7. The maximum absolute atomic E-state index is 5.04. The molecule has 4 aromatic rings. The Balaban J connectivity index is 1.59. The Morgan fingerprint density at radius 3 is 2.21 bits per heavy atom. The van der Waals surface area contributed by atoms with Crippen LogP contribution < -0.4 is 5.32 Å². The standard InChI is InChI=1S/C25H22BrN3/c26-21-13-15-22(16-14-21)29-25-23(8-4-5-17-27-25)24(28-29)20-11-9-19(10-12-20)18-6-2-1-3-7-18/h1-3,6-7,9-16,27H,4-5,8,17H2. The van der Waals surface area contributed by atoms with E-state index in [0.717, 1.165) is 34.6 Å². The summed E-state index contributed by atoms with van der Waals surface area (Å²) in [7, 11) is 0. The van der Waals surface area contributed by atoms with Crippen molar-refractivity contribution in [3.63, 3.8) is 0 Å². The molecule has 0 aliphatic carbocycles. The van der Waals surface area contributed by atoms with Crippen LogP contribution in [0.1, 0.15) is 18.4 Å². The highest BCUT2D eigenvalue weighted by Gasteiger charge is 2.21. The van der Waals surface area contributed by atoms with Crippen LogP contribution in [0.5, 0.6) is 0 Å². The fourth-order valence-corrected chi connectivity index (χ4v) is 4.22. The van der Waals surface area contributed by atoms with Crippen molar-refractivity contribution in [2.75, 3.05) is 11.9 Å². The van der Waals surface area contributed by atoms with E-state index in [0.29, 0.717) is 0 Å². The molecule has 0 fully saturated rings. The number of anilines is 1. The second kappa shape index (κ2) is 7.88. The normalized spacial score (nSPS) is 13.4. The molecular formula is C25H22BrN3. The first-order chi connectivity index (χ1) is 14.3. The largest absolute Gasteiger partial charge is 0.370 e. The van der Waals surface area contributed by atoms with E-state index in [1.807, 2.05) is 0 Å². The molecule has 0 spiro atoms. The molecule has 0 saturated heterocycles. The number of nitrogens with zero attached hydrogens (tertiary/aromatic N) is 2. The first kappa shape index (κ1) is 18.2. The van der Waals surface area contributed by atoms with Gasteiger partial charge in [-0.2, -0.15) is 5.10 Å². The van der Waals surface area contributed by atoms with E-state index in [-0.39, 0.29) is 0 Å². The monoisotopic (exact) mass is 443 g/mol. The van der Waals surface area contributed by atoms with Gasteiger partial charge in [0.2, 0.25) is 0 Å². The van der Waals surface area contributed by atoms with Crippen LogP contribution in [0.3, 0.4) is 0 Å². The average Bonchev–Trinajstić information content (AvgIpc) is 2.96. The number of nitrogens with one attached hydrogen (secondary N) is 1. The van der Waals surface area contributed by atoms with Crippen molar-refractivity contribution < 1.29 is 0 Å². The van der Waals surface area contributed by atoms with Gasteiger partial charge in [0, 0.05) is 22.1 Å². The third-order valence-electron chi connectivity index (χ3n) is 5.47. The summed E-state index contributed by atoms with van der Waals surface area (Å²) in [4.78, 5) is 0. The third kappa shape index (κ3) is 3.60. The quantitative estimate of drug-likeness (QED) is 0.380. The van der Waals surface area contributed by atoms with Crippen LogP contribution >= 0.6 is 15.9 Å². The van der Waals surface area contributed by atoms with Crippen LogP contribution in [0.2, 0.25) is 0 Å². The van der Waals surface area contributed by atoms with Gasteiger partial charge >= 0.3 is 0 Å². The molecule has 4 heteroatoms. The van der Waals surface area contributed by atoms with Crippen molar-refractivity contribution in [1.29, 1.82) is 0 Å². The van der Waals surface area contributed by atoms with Gasteiger partial charge in [-0.1, -0.05) is 70.5 Å². The number of hydrogen-bond donors (Lipinski definition) is 1. The predicted molar refractivity (Wildman–Crippen MR) is 124 cm³/mol. The van der Waals surface area contributed by atoms with Gasteiger partial charge < -0.3 is 5.32 Å². The SMILES string of the molecule is Brc1ccc(-n2nc(-c3ccc(-c4ccccc4)cc3)c3c2NCCCC3)cc1. The molecule has 0 amide bonds. The Labute approximate surface area is 179 Å². The zero-order valence-electron chi connectivity index (χ0n) is 16.1. The van der Waals surface area contributed by atoms with Gasteiger partial charge in [-0.15, -0.1) is 0 Å². The topological polar surface area (TPSA) is 29.9 Å². The van der Waals surface area contributed by atoms with Crippen molar-refractivity contribution in [3.05, 3.63) is 88.9 Å². The molecule has 5 rings (SSSR count). The van der Waals surface area contributed by atoms with Crippen LogP contribution in [0.25, 0.3) is 28.1 Å². The summed E-state index contributed by atoms with van der Waals surface area (Å²) in [5, 5.41) is 8.67. The number of hydrogen-bond acceptors (Lipinski definition) is 2. The number of fused-ring (bicyclic) bond motifs is 1. The molecule has 144 valence electrons. The Kier molecular flexibility index (Phi) is 4.94. The van der Waals surface area contributed by atoms with Gasteiger partial charge in [0.25, 0.3) is 0 Å². The molecule has 0 unspecified atom stereocenters. The fourth-order valence-electron chi connectivity index (χ4n) is 3.95. The van der Waals surface area contributed by atoms with Gasteiger partial charge in [0.05, 0.1) is 11.4 Å². The lowest BCUT2D eigenvalue weighted by Gasteiger charge is -2.09. The number of aromatic nitrogens is 2. The van der Waals surface area contributed by atoms with E-state index < -0.39 is 0 Å². The predicted octanol–water partition coefficient (Wildman–Crippen LogP) is 6.72. The lowest BCUT2D eigenvalue weighted by Crippen LogP contribution is -2.07. The number of halogens is 1. The van der Waals surface area contributed by atoms with Crippen molar-refractivity contribution in [3.8, 4) is 28.1 Å². The second-order valence-corrected chi connectivity index (χ2v) is 8.31. The van der Waals surface area contributed by atoms with E-state index >= 15 is 0 Å². The molecule has 3 nitrogen and oxygen atoms in total. The molecule has 29 heavy (non-hydrogen) atoms. The van der Waals surface area contributed by atoms with Gasteiger partial charge in [-0.3, -0.25) is 0 Å². The molecule has 2 heterocycles. The van der Waals surface area contributed by atoms with Crippen molar-refractivity contribution >= 4 is 21.7 Å². The van der Waals surface area contributed by atoms with Gasteiger partial charge in [0.15, 0.2) is 0 Å². The van der Waals surface area contributed by atoms with Crippen LogP contribution in [0.15, 0.2) is 83.3 Å². The first-order valence-corrected chi connectivity index (χ1v) is 10.9. The van der Waals surface area contributed by atoms with Gasteiger partial charge in [-0.25, -0.2) is 4.68 Å². The highest BCUT2D eigenvalue weighted by molar-refractivity contribution is 9.10. The summed E-state index contributed by atoms with van der Waals surface area (Å²) >= 11 is 3.53. The molecule has 0 saturated carbocycles. The zero-order chi connectivity index (χ0) is 19.6.